The molecule has 0 radical (unpaired) electrons. The van der Waals surface area contributed by atoms with E-state index in [1.54, 1.807) is 24.3 Å². The van der Waals surface area contributed by atoms with Gasteiger partial charge in [-0.2, -0.15) is 0 Å². The second kappa shape index (κ2) is 7.23. The van der Waals surface area contributed by atoms with Gasteiger partial charge >= 0.3 is 0 Å². The average Bonchev–Trinajstić information content (AvgIpc) is 2.61. The topological polar surface area (TPSA) is 64.6 Å². The lowest BCUT2D eigenvalue weighted by Crippen LogP contribution is -2.30. The Morgan fingerprint density at radius 3 is 2.67 bits per heavy atom. The third kappa shape index (κ3) is 3.71. The minimum absolute atomic E-state index is 0.118. The van der Waals surface area contributed by atoms with E-state index in [0.29, 0.717) is 25.5 Å². The van der Waals surface area contributed by atoms with E-state index < -0.39 is 10.0 Å². The van der Waals surface area contributed by atoms with E-state index in [2.05, 4.69) is 4.72 Å². The molecule has 0 aromatic heterocycles. The number of ether oxygens (including phenoxy) is 2. The Balaban J connectivity index is 1.70. The predicted octanol–water partition coefficient (Wildman–Crippen LogP) is 2.93. The molecule has 5 nitrogen and oxygen atoms in total. The standard InChI is InChI=1S/C18H21NO4S/c1-2-22-15-7-9-16(10-8-15)24(20,21)19-13-14-11-12-23-18-6-4-3-5-17(14)18/h3-10,14,19H,2,11-13H2,1H3. The summed E-state index contributed by atoms with van der Waals surface area (Å²) in [5.74, 6) is 1.62. The van der Waals surface area contributed by atoms with Gasteiger partial charge in [0.2, 0.25) is 10.0 Å². The van der Waals surface area contributed by atoms with Gasteiger partial charge in [0.25, 0.3) is 0 Å². The molecule has 1 heterocycles. The average molecular weight is 347 g/mol. The lowest BCUT2D eigenvalue weighted by molar-refractivity contribution is 0.267. The van der Waals surface area contributed by atoms with E-state index in [0.717, 1.165) is 17.7 Å². The molecule has 0 spiro atoms. The molecule has 0 saturated heterocycles. The normalized spacial score (nSPS) is 17.0. The molecule has 2 aromatic rings. The predicted molar refractivity (Wildman–Crippen MR) is 92.1 cm³/mol. The van der Waals surface area contributed by atoms with Gasteiger partial charge < -0.3 is 9.47 Å². The van der Waals surface area contributed by atoms with Gasteiger partial charge in [0.1, 0.15) is 11.5 Å². The highest BCUT2D eigenvalue weighted by Gasteiger charge is 2.23. The molecule has 24 heavy (non-hydrogen) atoms. The van der Waals surface area contributed by atoms with Crippen molar-refractivity contribution in [3.05, 3.63) is 54.1 Å². The highest BCUT2D eigenvalue weighted by atomic mass is 32.2. The third-order valence-electron chi connectivity index (χ3n) is 4.05. The van der Waals surface area contributed by atoms with Crippen LogP contribution in [-0.4, -0.2) is 28.2 Å². The summed E-state index contributed by atoms with van der Waals surface area (Å²) in [7, 11) is -3.54. The lowest BCUT2D eigenvalue weighted by atomic mass is 9.93. The summed E-state index contributed by atoms with van der Waals surface area (Å²) in [5.41, 5.74) is 1.05. The number of nitrogens with one attached hydrogen (secondary N) is 1. The van der Waals surface area contributed by atoms with E-state index >= 15 is 0 Å². The maximum absolute atomic E-state index is 12.5. The third-order valence-corrected chi connectivity index (χ3v) is 5.49. The van der Waals surface area contributed by atoms with Crippen molar-refractivity contribution in [2.75, 3.05) is 19.8 Å². The Bertz CT molecular complexity index is 787. The second-order valence-electron chi connectivity index (χ2n) is 5.63. The Hall–Kier alpha value is -2.05. The first-order valence-electron chi connectivity index (χ1n) is 8.04. The molecule has 3 rings (SSSR count). The van der Waals surface area contributed by atoms with Crippen LogP contribution in [0.2, 0.25) is 0 Å². The maximum atomic E-state index is 12.5. The fraction of sp³-hybridized carbons (Fsp3) is 0.333. The van der Waals surface area contributed by atoms with Gasteiger partial charge in [-0.3, -0.25) is 0 Å². The summed E-state index contributed by atoms with van der Waals surface area (Å²) in [6.45, 7) is 3.40. The fourth-order valence-corrected chi connectivity index (χ4v) is 3.88. The molecule has 0 bridgehead atoms. The van der Waals surface area contributed by atoms with Crippen LogP contribution < -0.4 is 14.2 Å². The first-order valence-corrected chi connectivity index (χ1v) is 9.52. The molecular weight excluding hydrogens is 326 g/mol. The van der Waals surface area contributed by atoms with E-state index in [1.807, 2.05) is 31.2 Å². The number of hydrogen-bond acceptors (Lipinski definition) is 4. The van der Waals surface area contributed by atoms with Crippen LogP contribution in [0.3, 0.4) is 0 Å². The van der Waals surface area contributed by atoms with E-state index in [1.165, 1.54) is 0 Å². The van der Waals surface area contributed by atoms with Crippen LogP contribution in [0.25, 0.3) is 0 Å². The van der Waals surface area contributed by atoms with Crippen molar-refractivity contribution in [2.24, 2.45) is 0 Å². The van der Waals surface area contributed by atoms with E-state index in [-0.39, 0.29) is 10.8 Å². The summed E-state index contributed by atoms with van der Waals surface area (Å²) < 4.78 is 38.6. The molecule has 128 valence electrons. The summed E-state index contributed by atoms with van der Waals surface area (Å²) in [4.78, 5) is 0.242. The highest BCUT2D eigenvalue weighted by molar-refractivity contribution is 7.89. The van der Waals surface area contributed by atoms with Gasteiger partial charge in [-0.15, -0.1) is 0 Å². The van der Waals surface area contributed by atoms with Crippen LogP contribution in [0.4, 0.5) is 0 Å². The zero-order valence-corrected chi connectivity index (χ0v) is 14.4. The fourth-order valence-electron chi connectivity index (χ4n) is 2.80. The number of para-hydroxylation sites is 1. The van der Waals surface area contributed by atoms with E-state index in [9.17, 15) is 8.42 Å². The van der Waals surface area contributed by atoms with Crippen LogP contribution in [0.5, 0.6) is 11.5 Å². The largest absolute Gasteiger partial charge is 0.494 e. The summed E-state index contributed by atoms with van der Waals surface area (Å²) in [5, 5.41) is 0. The van der Waals surface area contributed by atoms with Crippen LogP contribution >= 0.6 is 0 Å². The van der Waals surface area contributed by atoms with E-state index in [4.69, 9.17) is 9.47 Å². The zero-order valence-electron chi connectivity index (χ0n) is 13.6. The second-order valence-corrected chi connectivity index (χ2v) is 7.40. The van der Waals surface area contributed by atoms with Crippen LogP contribution in [-0.2, 0) is 10.0 Å². The first-order chi connectivity index (χ1) is 11.6. The monoisotopic (exact) mass is 347 g/mol. The molecule has 1 unspecified atom stereocenters. The van der Waals surface area contributed by atoms with Crippen molar-refractivity contribution < 1.29 is 17.9 Å². The van der Waals surface area contributed by atoms with Crippen molar-refractivity contribution in [3.8, 4) is 11.5 Å². The maximum Gasteiger partial charge on any atom is 0.240 e. The van der Waals surface area contributed by atoms with Gasteiger partial charge in [-0.1, -0.05) is 18.2 Å². The lowest BCUT2D eigenvalue weighted by Gasteiger charge is -2.26. The van der Waals surface area contributed by atoms with Gasteiger partial charge in [0, 0.05) is 12.5 Å². The Kier molecular flexibility index (Phi) is 5.06. The van der Waals surface area contributed by atoms with Gasteiger partial charge in [-0.25, -0.2) is 13.1 Å². The SMILES string of the molecule is CCOc1ccc(S(=O)(=O)NCC2CCOc3ccccc32)cc1. The van der Waals surface area contributed by atoms with Gasteiger partial charge in [-0.05, 0) is 49.2 Å². The molecule has 6 heteroatoms. The number of rotatable bonds is 6. The van der Waals surface area contributed by atoms with Crippen molar-refractivity contribution >= 4 is 10.0 Å². The number of sulfonamides is 1. The number of hydrogen-bond donors (Lipinski definition) is 1. The molecule has 0 fully saturated rings. The smallest absolute Gasteiger partial charge is 0.240 e. The molecule has 1 atom stereocenters. The summed E-state index contributed by atoms with van der Waals surface area (Å²) in [6.07, 6.45) is 0.794. The zero-order chi connectivity index (χ0) is 17.0. The molecule has 1 aliphatic rings. The summed E-state index contributed by atoms with van der Waals surface area (Å²) in [6, 6.07) is 14.2. The highest BCUT2D eigenvalue weighted by Crippen LogP contribution is 2.33. The van der Waals surface area contributed by atoms with Crippen LogP contribution in [0.1, 0.15) is 24.8 Å². The van der Waals surface area contributed by atoms with Crippen LogP contribution in [0, 0.1) is 0 Å². The van der Waals surface area contributed by atoms with Gasteiger partial charge in [0.05, 0.1) is 18.1 Å². The van der Waals surface area contributed by atoms with Crippen LogP contribution in [0.15, 0.2) is 53.4 Å². The molecule has 1 N–H and O–H groups in total. The number of benzene rings is 2. The molecular formula is C18H21NO4S. The molecule has 0 amide bonds. The quantitative estimate of drug-likeness (QED) is 0.873. The van der Waals surface area contributed by atoms with Crippen molar-refractivity contribution in [1.29, 1.82) is 0 Å². The van der Waals surface area contributed by atoms with Crippen molar-refractivity contribution in [2.45, 2.75) is 24.2 Å². The Morgan fingerprint density at radius 2 is 1.92 bits per heavy atom. The number of fused-ring (bicyclic) bond motifs is 1. The van der Waals surface area contributed by atoms with Gasteiger partial charge in [0.15, 0.2) is 0 Å². The molecule has 0 saturated carbocycles. The minimum Gasteiger partial charge on any atom is -0.494 e. The molecule has 1 aliphatic heterocycles. The van der Waals surface area contributed by atoms with Crippen molar-refractivity contribution in [3.63, 3.8) is 0 Å². The Labute approximate surface area is 142 Å². The molecule has 2 aromatic carbocycles. The molecule has 0 aliphatic carbocycles. The first kappa shape index (κ1) is 16.8. The minimum atomic E-state index is -3.54. The van der Waals surface area contributed by atoms with Crippen molar-refractivity contribution in [1.82, 2.24) is 4.72 Å². The Morgan fingerprint density at radius 1 is 1.17 bits per heavy atom. The summed E-state index contributed by atoms with van der Waals surface area (Å²) >= 11 is 0.